The largest absolute Gasteiger partial charge is 0.384 e. The number of imidazole rings is 1. The Kier molecular flexibility index (Phi) is 4.66. The third-order valence-electron chi connectivity index (χ3n) is 5.02. The minimum atomic E-state index is 0.411. The van der Waals surface area contributed by atoms with Gasteiger partial charge in [-0.3, -0.25) is 0 Å². The van der Waals surface area contributed by atoms with Crippen LogP contribution in [0.5, 0.6) is 0 Å². The van der Waals surface area contributed by atoms with Gasteiger partial charge in [-0.05, 0) is 37.0 Å². The van der Waals surface area contributed by atoms with Crippen LogP contribution < -0.4 is 5.73 Å². The van der Waals surface area contributed by atoms with Crippen molar-refractivity contribution in [2.75, 3.05) is 5.73 Å². The fraction of sp³-hybridized carbons (Fsp3) is 0.722. The van der Waals surface area contributed by atoms with Crippen molar-refractivity contribution in [3.8, 4) is 12.3 Å². The number of hydrogen-bond acceptors (Lipinski definition) is 2. The predicted octanol–water partition coefficient (Wildman–Crippen LogP) is 3.98. The van der Waals surface area contributed by atoms with E-state index < -0.39 is 0 Å². The number of rotatable bonds is 3. The Hall–Kier alpha value is -1.43. The third kappa shape index (κ3) is 3.26. The molecule has 3 heteroatoms. The van der Waals surface area contributed by atoms with Crippen LogP contribution in [0.25, 0.3) is 0 Å². The van der Waals surface area contributed by atoms with Gasteiger partial charge in [0.1, 0.15) is 11.6 Å². The Morgan fingerprint density at radius 3 is 2.38 bits per heavy atom. The van der Waals surface area contributed by atoms with Gasteiger partial charge in [-0.2, -0.15) is 0 Å². The monoisotopic (exact) mass is 287 g/mol. The van der Waals surface area contributed by atoms with E-state index in [0.29, 0.717) is 17.9 Å². The number of nitrogens with two attached hydrogens (primary N) is 1. The summed E-state index contributed by atoms with van der Waals surface area (Å²) in [4.78, 5) is 4.80. The van der Waals surface area contributed by atoms with Gasteiger partial charge in [0.2, 0.25) is 0 Å². The Balaban J connectivity index is 2.16. The van der Waals surface area contributed by atoms with Gasteiger partial charge in [0.25, 0.3) is 0 Å². The quantitative estimate of drug-likeness (QED) is 0.855. The number of nitrogens with zero attached hydrogens (tertiary/aromatic N) is 2. The molecule has 0 aromatic carbocycles. The molecule has 1 aliphatic carbocycles. The molecule has 2 rings (SSSR count). The molecule has 1 saturated carbocycles. The summed E-state index contributed by atoms with van der Waals surface area (Å²) in [6.45, 7) is 9.68. The van der Waals surface area contributed by atoms with E-state index in [9.17, 15) is 0 Å². The molecule has 0 unspecified atom stereocenters. The van der Waals surface area contributed by atoms with E-state index in [2.05, 4.69) is 33.6 Å². The van der Waals surface area contributed by atoms with Crippen LogP contribution in [-0.2, 0) is 13.0 Å². The van der Waals surface area contributed by atoms with Gasteiger partial charge in [-0.15, -0.1) is 6.42 Å². The molecule has 3 nitrogen and oxygen atoms in total. The van der Waals surface area contributed by atoms with Gasteiger partial charge in [-0.25, -0.2) is 4.98 Å². The van der Waals surface area contributed by atoms with E-state index in [1.54, 1.807) is 0 Å². The van der Waals surface area contributed by atoms with Crippen LogP contribution in [0, 0.1) is 23.7 Å². The summed E-state index contributed by atoms with van der Waals surface area (Å²) in [7, 11) is 0. The summed E-state index contributed by atoms with van der Waals surface area (Å²) < 4.78 is 2.01. The Morgan fingerprint density at radius 1 is 1.29 bits per heavy atom. The first-order valence-electron chi connectivity index (χ1n) is 8.16. The van der Waals surface area contributed by atoms with Crippen molar-refractivity contribution in [3.05, 3.63) is 11.5 Å². The molecule has 2 N–H and O–H groups in total. The summed E-state index contributed by atoms with van der Waals surface area (Å²) in [6.07, 6.45) is 11.3. The number of aromatic nitrogens is 2. The van der Waals surface area contributed by atoms with Crippen molar-refractivity contribution in [1.29, 1.82) is 0 Å². The average molecular weight is 287 g/mol. The minimum absolute atomic E-state index is 0.411. The van der Waals surface area contributed by atoms with E-state index in [0.717, 1.165) is 29.7 Å². The van der Waals surface area contributed by atoms with Gasteiger partial charge in [0, 0.05) is 12.3 Å². The second kappa shape index (κ2) is 6.13. The van der Waals surface area contributed by atoms with Crippen molar-refractivity contribution in [3.63, 3.8) is 0 Å². The van der Waals surface area contributed by atoms with Crippen LogP contribution in [-0.4, -0.2) is 9.55 Å². The van der Waals surface area contributed by atoms with E-state index >= 15 is 0 Å². The molecule has 116 valence electrons. The number of terminal acetylenes is 1. The van der Waals surface area contributed by atoms with Crippen molar-refractivity contribution < 1.29 is 0 Å². The van der Waals surface area contributed by atoms with Gasteiger partial charge in [0.05, 0.1) is 12.2 Å². The Bertz CT molecular complexity index is 520. The molecule has 1 aliphatic rings. The number of anilines is 1. The maximum atomic E-state index is 6.32. The molecule has 1 aromatic rings. The lowest BCUT2D eigenvalue weighted by Crippen LogP contribution is -2.25. The predicted molar refractivity (Wildman–Crippen MR) is 89.0 cm³/mol. The van der Waals surface area contributed by atoms with Gasteiger partial charge in [0.15, 0.2) is 0 Å². The summed E-state index contributed by atoms with van der Waals surface area (Å²) >= 11 is 0. The molecular weight excluding hydrogens is 258 g/mol. The highest BCUT2D eigenvalue weighted by atomic mass is 15.1. The summed E-state index contributed by atoms with van der Waals surface area (Å²) in [5.41, 5.74) is 7.82. The zero-order valence-electron chi connectivity index (χ0n) is 13.9. The number of aryl methyl sites for hydroxylation is 1. The zero-order valence-corrected chi connectivity index (χ0v) is 13.9. The average Bonchev–Trinajstić information content (AvgIpc) is 2.76. The first-order valence-corrected chi connectivity index (χ1v) is 8.16. The maximum absolute atomic E-state index is 6.32. The molecular formula is C18H29N3. The third-order valence-corrected chi connectivity index (χ3v) is 5.02. The first kappa shape index (κ1) is 15.9. The smallest absolute Gasteiger partial charge is 0.127 e. The standard InChI is InChI=1S/C18H29N3/c1-6-12-21-15(7-2)20-16(17(21)19)13-8-10-14(11-9-13)18(3,4)5/h1,13-14H,7-12,19H2,2-5H3. The molecule has 1 fully saturated rings. The molecule has 0 spiro atoms. The van der Waals surface area contributed by atoms with Crippen molar-refractivity contribution in [2.45, 2.75) is 72.3 Å². The number of nitrogen functional groups attached to an aromatic ring is 1. The van der Waals surface area contributed by atoms with Crippen LogP contribution in [0.4, 0.5) is 5.82 Å². The van der Waals surface area contributed by atoms with Crippen LogP contribution in [0.3, 0.4) is 0 Å². The molecule has 0 aliphatic heterocycles. The lowest BCUT2D eigenvalue weighted by molar-refractivity contribution is 0.168. The van der Waals surface area contributed by atoms with Gasteiger partial charge >= 0.3 is 0 Å². The Morgan fingerprint density at radius 2 is 1.90 bits per heavy atom. The summed E-state index contributed by atoms with van der Waals surface area (Å²) in [6, 6.07) is 0. The molecule has 0 atom stereocenters. The Labute approximate surface area is 129 Å². The topological polar surface area (TPSA) is 43.8 Å². The van der Waals surface area contributed by atoms with Gasteiger partial charge in [-0.1, -0.05) is 33.6 Å². The fourth-order valence-corrected chi connectivity index (χ4v) is 3.60. The highest BCUT2D eigenvalue weighted by Crippen LogP contribution is 2.44. The zero-order chi connectivity index (χ0) is 15.6. The highest BCUT2D eigenvalue weighted by Gasteiger charge is 2.32. The minimum Gasteiger partial charge on any atom is -0.384 e. The van der Waals surface area contributed by atoms with Crippen molar-refractivity contribution in [2.24, 2.45) is 11.3 Å². The summed E-state index contributed by atoms with van der Waals surface area (Å²) in [5, 5.41) is 0. The highest BCUT2D eigenvalue weighted by molar-refractivity contribution is 5.41. The molecule has 0 saturated heterocycles. The molecule has 0 radical (unpaired) electrons. The van der Waals surface area contributed by atoms with Crippen molar-refractivity contribution >= 4 is 5.82 Å². The summed E-state index contributed by atoms with van der Waals surface area (Å²) in [5.74, 6) is 5.83. The molecule has 21 heavy (non-hydrogen) atoms. The number of hydrogen-bond donors (Lipinski definition) is 1. The normalized spacial score (nSPS) is 23.0. The fourth-order valence-electron chi connectivity index (χ4n) is 3.60. The van der Waals surface area contributed by atoms with E-state index in [1.165, 1.54) is 25.7 Å². The van der Waals surface area contributed by atoms with Crippen LogP contribution in [0.15, 0.2) is 0 Å². The second-order valence-corrected chi connectivity index (χ2v) is 7.36. The van der Waals surface area contributed by atoms with Crippen molar-refractivity contribution in [1.82, 2.24) is 9.55 Å². The molecule has 0 bridgehead atoms. The van der Waals surface area contributed by atoms with Crippen LogP contribution in [0.1, 0.15) is 70.8 Å². The SMILES string of the molecule is C#CCn1c(CC)nc(C2CCC(C(C)(C)C)CC2)c1N. The lowest BCUT2D eigenvalue weighted by atomic mass is 9.69. The van der Waals surface area contributed by atoms with E-state index in [-0.39, 0.29) is 0 Å². The van der Waals surface area contributed by atoms with Crippen LogP contribution >= 0.6 is 0 Å². The molecule has 0 amide bonds. The van der Waals surface area contributed by atoms with E-state index in [1.807, 2.05) is 4.57 Å². The van der Waals surface area contributed by atoms with E-state index in [4.69, 9.17) is 17.1 Å². The second-order valence-electron chi connectivity index (χ2n) is 7.36. The maximum Gasteiger partial charge on any atom is 0.127 e. The van der Waals surface area contributed by atoms with Crippen LogP contribution in [0.2, 0.25) is 0 Å². The lowest BCUT2D eigenvalue weighted by Gasteiger charge is -2.36. The molecule has 1 aromatic heterocycles. The first-order chi connectivity index (χ1) is 9.88. The molecule has 1 heterocycles. The van der Waals surface area contributed by atoms with Gasteiger partial charge < -0.3 is 10.3 Å².